The molecule has 0 aromatic heterocycles. The van der Waals surface area contributed by atoms with Gasteiger partial charge in [-0.25, -0.2) is 4.57 Å². The Labute approximate surface area is 437 Å². The second-order valence-electron chi connectivity index (χ2n) is 18.0. The molecule has 0 heterocycles. The average molecular weight is 1030 g/mol. The van der Waals surface area contributed by atoms with Crippen LogP contribution in [0.1, 0.15) is 213 Å². The summed E-state index contributed by atoms with van der Waals surface area (Å²) in [7, 11) is -4.76. The molecule has 0 saturated heterocycles. The van der Waals surface area contributed by atoms with E-state index in [2.05, 4.69) is 130 Å². The Morgan fingerprint density at radius 2 is 0.722 bits per heavy atom. The van der Waals surface area contributed by atoms with Crippen molar-refractivity contribution in [2.75, 3.05) is 26.4 Å². The molecule has 2 N–H and O–H groups in total. The molecule has 0 fully saturated rings. The zero-order valence-corrected chi connectivity index (χ0v) is 46.0. The lowest BCUT2D eigenvalue weighted by molar-refractivity contribution is -0.161. The third kappa shape index (κ3) is 51.1. The second kappa shape index (κ2) is 53.4. The highest BCUT2D eigenvalue weighted by Gasteiger charge is 2.28. The van der Waals surface area contributed by atoms with Gasteiger partial charge in [-0.15, -0.1) is 0 Å². The number of carbonyl (C=O) groups is 3. The van der Waals surface area contributed by atoms with E-state index in [1.165, 1.54) is 32.1 Å². The van der Waals surface area contributed by atoms with E-state index in [-0.39, 0.29) is 25.9 Å². The SMILES string of the molecule is CC/C=C\C/C=C\C/C=C\C/C=C\C/C=C\CCCCCC(=O)OC(COC(=O)CCCCCCCCCCC)COP(=O)(O)OCC(CO)OC(=O)CCCCCC/C=C\C/C=C\C/C=C\C/C=C\CC. The standard InChI is InChI=1S/C60H99O11P/c1-4-7-10-13-16-19-21-23-25-27-28-30-32-34-36-39-42-45-48-51-60(64)71-57(53-67-58(62)49-46-43-40-37-18-15-12-9-6-3)55-69-72(65,66)68-54-56(52-61)70-59(63)50-47-44-41-38-35-33-31-29-26-24-22-20-17-14-11-8-5-2/h7-8,10-11,16-17,19-20,23-26,28,30-31,33-34,36,56-57,61H,4-6,9,12-15,18,21-22,27,29,32,35,37-55H2,1-3H3,(H,65,66)/b10-7-,11-8-,19-16-,20-17-,25-23-,26-24-,30-28-,33-31-,36-34-. The van der Waals surface area contributed by atoms with Gasteiger partial charge in [0.05, 0.1) is 19.8 Å². The Kier molecular flexibility index (Phi) is 50.6. The van der Waals surface area contributed by atoms with Crippen molar-refractivity contribution in [1.82, 2.24) is 0 Å². The topological polar surface area (TPSA) is 155 Å². The number of unbranched alkanes of at least 4 members (excludes halogenated alkanes) is 15. The Hall–Kier alpha value is -3.86. The van der Waals surface area contributed by atoms with E-state index < -0.39 is 57.8 Å². The number of phosphoric ester groups is 1. The van der Waals surface area contributed by atoms with E-state index >= 15 is 0 Å². The molecule has 12 heteroatoms. The fourth-order valence-corrected chi connectivity index (χ4v) is 7.80. The summed E-state index contributed by atoms with van der Waals surface area (Å²) in [5.41, 5.74) is 0. The van der Waals surface area contributed by atoms with Gasteiger partial charge in [-0.2, -0.15) is 0 Å². The van der Waals surface area contributed by atoms with Crippen molar-refractivity contribution in [3.05, 3.63) is 109 Å². The predicted molar refractivity (Wildman–Crippen MR) is 297 cm³/mol. The van der Waals surface area contributed by atoms with Gasteiger partial charge in [-0.1, -0.05) is 201 Å². The van der Waals surface area contributed by atoms with Crippen LogP contribution < -0.4 is 0 Å². The molecule has 0 saturated carbocycles. The van der Waals surface area contributed by atoms with Gasteiger partial charge in [0.15, 0.2) is 6.10 Å². The van der Waals surface area contributed by atoms with Crippen LogP contribution in [0.2, 0.25) is 0 Å². The van der Waals surface area contributed by atoms with Gasteiger partial charge in [0.2, 0.25) is 0 Å². The van der Waals surface area contributed by atoms with E-state index in [0.29, 0.717) is 19.3 Å². The Bertz CT molecular complexity index is 1620. The van der Waals surface area contributed by atoms with E-state index in [4.69, 9.17) is 23.3 Å². The molecule has 0 spiro atoms. The number of rotatable bonds is 50. The Balaban J connectivity index is 4.74. The molecule has 72 heavy (non-hydrogen) atoms. The van der Waals surface area contributed by atoms with E-state index in [1.807, 2.05) is 0 Å². The van der Waals surface area contributed by atoms with Gasteiger partial charge < -0.3 is 24.2 Å². The molecular formula is C60H99O11P. The Morgan fingerprint density at radius 1 is 0.403 bits per heavy atom. The molecule has 0 aliphatic carbocycles. The second-order valence-corrected chi connectivity index (χ2v) is 19.4. The number of carbonyl (C=O) groups excluding carboxylic acids is 3. The zero-order chi connectivity index (χ0) is 52.7. The Morgan fingerprint density at radius 3 is 1.12 bits per heavy atom. The molecule has 3 atom stereocenters. The summed E-state index contributed by atoms with van der Waals surface area (Å²) >= 11 is 0. The van der Waals surface area contributed by atoms with Crippen molar-refractivity contribution >= 4 is 25.7 Å². The van der Waals surface area contributed by atoms with Gasteiger partial charge in [0.1, 0.15) is 12.7 Å². The van der Waals surface area contributed by atoms with E-state index in [0.717, 1.165) is 122 Å². The minimum Gasteiger partial charge on any atom is -0.462 e. The highest BCUT2D eigenvalue weighted by atomic mass is 31.2. The summed E-state index contributed by atoms with van der Waals surface area (Å²) in [6, 6.07) is 0. The van der Waals surface area contributed by atoms with Gasteiger partial charge >= 0.3 is 25.7 Å². The molecule has 0 amide bonds. The van der Waals surface area contributed by atoms with Crippen LogP contribution in [0.3, 0.4) is 0 Å². The van der Waals surface area contributed by atoms with Gasteiger partial charge in [-0.3, -0.25) is 23.4 Å². The van der Waals surface area contributed by atoms with Crippen LogP contribution in [-0.4, -0.2) is 66.5 Å². The maximum Gasteiger partial charge on any atom is 0.472 e. The third-order valence-electron chi connectivity index (χ3n) is 11.2. The van der Waals surface area contributed by atoms with Crippen LogP contribution in [0, 0.1) is 0 Å². The molecule has 0 aromatic rings. The smallest absolute Gasteiger partial charge is 0.462 e. The lowest BCUT2D eigenvalue weighted by Crippen LogP contribution is -2.30. The first-order chi connectivity index (χ1) is 35.2. The van der Waals surface area contributed by atoms with Crippen molar-refractivity contribution in [2.45, 2.75) is 226 Å². The minimum absolute atomic E-state index is 0.122. The van der Waals surface area contributed by atoms with Gasteiger partial charge in [0, 0.05) is 19.3 Å². The molecule has 0 rings (SSSR count). The third-order valence-corrected chi connectivity index (χ3v) is 12.1. The van der Waals surface area contributed by atoms with Gasteiger partial charge in [-0.05, 0) is 103 Å². The van der Waals surface area contributed by atoms with Crippen molar-refractivity contribution < 1.29 is 52.2 Å². The molecule has 3 unspecified atom stereocenters. The summed E-state index contributed by atoms with van der Waals surface area (Å²) in [5, 5.41) is 9.80. The highest BCUT2D eigenvalue weighted by molar-refractivity contribution is 7.47. The van der Waals surface area contributed by atoms with E-state index in [1.54, 1.807) is 0 Å². The monoisotopic (exact) mass is 1030 g/mol. The first-order valence-electron chi connectivity index (χ1n) is 27.8. The van der Waals surface area contributed by atoms with Crippen LogP contribution in [0.15, 0.2) is 109 Å². The molecule has 0 aliphatic heterocycles. The van der Waals surface area contributed by atoms with Crippen LogP contribution in [0.4, 0.5) is 0 Å². The van der Waals surface area contributed by atoms with Crippen LogP contribution in [-0.2, 0) is 42.2 Å². The van der Waals surface area contributed by atoms with Crippen LogP contribution in [0.5, 0.6) is 0 Å². The van der Waals surface area contributed by atoms with Crippen molar-refractivity contribution in [1.29, 1.82) is 0 Å². The van der Waals surface area contributed by atoms with Crippen LogP contribution >= 0.6 is 7.82 Å². The summed E-state index contributed by atoms with van der Waals surface area (Å²) in [5.74, 6) is -1.54. The van der Waals surface area contributed by atoms with Crippen molar-refractivity contribution in [2.24, 2.45) is 0 Å². The number of hydrogen-bond donors (Lipinski definition) is 2. The zero-order valence-electron chi connectivity index (χ0n) is 45.1. The normalized spacial score (nSPS) is 14.2. The number of aliphatic hydroxyl groups excluding tert-OH is 1. The number of phosphoric acid groups is 1. The molecule has 410 valence electrons. The maximum atomic E-state index is 12.9. The quantitative estimate of drug-likeness (QED) is 0.0197. The number of hydrogen-bond acceptors (Lipinski definition) is 10. The highest BCUT2D eigenvalue weighted by Crippen LogP contribution is 2.43. The van der Waals surface area contributed by atoms with E-state index in [9.17, 15) is 28.9 Å². The predicted octanol–water partition coefficient (Wildman–Crippen LogP) is 16.2. The molecule has 11 nitrogen and oxygen atoms in total. The molecule has 0 bridgehead atoms. The molecular weight excluding hydrogens is 928 g/mol. The fourth-order valence-electron chi connectivity index (χ4n) is 7.02. The maximum absolute atomic E-state index is 12.9. The lowest BCUT2D eigenvalue weighted by atomic mass is 10.1. The molecule has 0 aromatic carbocycles. The van der Waals surface area contributed by atoms with Crippen LogP contribution in [0.25, 0.3) is 0 Å². The number of ether oxygens (including phenoxy) is 3. The summed E-state index contributed by atoms with van der Waals surface area (Å²) in [6.45, 7) is 4.31. The molecule has 0 radical (unpaired) electrons. The average Bonchev–Trinajstić information content (AvgIpc) is 3.37. The van der Waals surface area contributed by atoms with Crippen molar-refractivity contribution in [3.63, 3.8) is 0 Å². The lowest BCUT2D eigenvalue weighted by Gasteiger charge is -2.21. The first-order valence-corrected chi connectivity index (χ1v) is 29.3. The van der Waals surface area contributed by atoms with Crippen molar-refractivity contribution in [3.8, 4) is 0 Å². The fraction of sp³-hybridized carbons (Fsp3) is 0.650. The molecule has 0 aliphatic rings. The first kappa shape index (κ1) is 68.1. The summed E-state index contributed by atoms with van der Waals surface area (Å²) < 4.78 is 39.4. The number of allylic oxidation sites excluding steroid dienone is 18. The number of esters is 3. The summed E-state index contributed by atoms with van der Waals surface area (Å²) in [4.78, 5) is 48.4. The summed E-state index contributed by atoms with van der Waals surface area (Å²) in [6.07, 6.45) is 63.4. The minimum atomic E-state index is -4.76. The van der Waals surface area contributed by atoms with Gasteiger partial charge in [0.25, 0.3) is 0 Å². The largest absolute Gasteiger partial charge is 0.472 e. The number of aliphatic hydroxyl groups is 1.